The highest BCUT2D eigenvalue weighted by molar-refractivity contribution is 5.97. The molecule has 1 N–H and O–H groups in total. The Morgan fingerprint density at radius 3 is 2.30 bits per heavy atom. The highest BCUT2D eigenvalue weighted by Crippen LogP contribution is 2.22. The lowest BCUT2D eigenvalue weighted by molar-refractivity contribution is -0.160. The van der Waals surface area contributed by atoms with Crippen molar-refractivity contribution in [2.45, 2.75) is 12.2 Å². The van der Waals surface area contributed by atoms with Crippen molar-refractivity contribution in [2.24, 2.45) is 0 Å². The topological polar surface area (TPSA) is 29.1 Å². The molecule has 0 saturated heterocycles. The second-order valence-corrected chi connectivity index (χ2v) is 1.88. The van der Waals surface area contributed by atoms with E-state index in [-0.39, 0.29) is 0 Å². The van der Waals surface area contributed by atoms with Crippen molar-refractivity contribution in [2.75, 3.05) is 0 Å². The van der Waals surface area contributed by atoms with Crippen LogP contribution in [0.15, 0.2) is 12.3 Å². The molecule has 0 bridgehead atoms. The van der Waals surface area contributed by atoms with Gasteiger partial charge in [-0.3, -0.25) is 4.79 Å². The van der Waals surface area contributed by atoms with Crippen molar-refractivity contribution in [3.8, 4) is 0 Å². The van der Waals surface area contributed by atoms with Crippen LogP contribution in [0.5, 0.6) is 0 Å². The van der Waals surface area contributed by atoms with E-state index in [1.807, 2.05) is 5.32 Å². The quantitative estimate of drug-likeness (QED) is 0.549. The predicted octanol–water partition coefficient (Wildman–Crippen LogP) is 0.603. The van der Waals surface area contributed by atoms with E-state index in [1.54, 1.807) is 0 Å². The van der Waals surface area contributed by atoms with E-state index in [0.29, 0.717) is 0 Å². The van der Waals surface area contributed by atoms with E-state index >= 15 is 0 Å². The van der Waals surface area contributed by atoms with Crippen LogP contribution in [0.2, 0.25) is 0 Å². The summed E-state index contributed by atoms with van der Waals surface area (Å²) >= 11 is 0. The summed E-state index contributed by atoms with van der Waals surface area (Å²) in [5.41, 5.74) is 0. The molecule has 1 heterocycles. The SMILES string of the molecule is O=C1C=CNC1C(F)(F)F. The first-order chi connectivity index (χ1) is 4.52. The van der Waals surface area contributed by atoms with Crippen LogP contribution in [0.25, 0.3) is 0 Å². The summed E-state index contributed by atoms with van der Waals surface area (Å²) in [6, 6.07) is -2.02. The number of hydrogen-bond donors (Lipinski definition) is 1. The molecule has 0 aromatic rings. The van der Waals surface area contributed by atoms with Crippen LogP contribution in [0, 0.1) is 0 Å². The Labute approximate surface area is 54.7 Å². The van der Waals surface area contributed by atoms with Crippen molar-refractivity contribution in [3.05, 3.63) is 12.3 Å². The van der Waals surface area contributed by atoms with Crippen LogP contribution in [-0.4, -0.2) is 18.0 Å². The molecule has 10 heavy (non-hydrogen) atoms. The summed E-state index contributed by atoms with van der Waals surface area (Å²) in [4.78, 5) is 10.4. The minimum atomic E-state index is -4.47. The molecular formula is C5H4F3NO. The molecule has 2 nitrogen and oxygen atoms in total. The lowest BCUT2D eigenvalue weighted by atomic mass is 10.2. The summed E-state index contributed by atoms with van der Waals surface area (Å²) in [6.07, 6.45) is -2.60. The van der Waals surface area contributed by atoms with E-state index < -0.39 is 18.0 Å². The first kappa shape index (κ1) is 7.11. The molecule has 0 aliphatic carbocycles. The minimum Gasteiger partial charge on any atom is -0.374 e. The maximum atomic E-state index is 11.7. The fourth-order valence-corrected chi connectivity index (χ4v) is 0.661. The van der Waals surface area contributed by atoms with Crippen LogP contribution in [-0.2, 0) is 4.79 Å². The predicted molar refractivity (Wildman–Crippen MR) is 27.1 cm³/mol. The van der Waals surface area contributed by atoms with Crippen LogP contribution in [0.4, 0.5) is 13.2 Å². The molecule has 0 radical (unpaired) electrons. The number of carbonyl (C=O) groups excluding carboxylic acids is 1. The third-order valence-electron chi connectivity index (χ3n) is 1.12. The van der Waals surface area contributed by atoms with Crippen LogP contribution in [0.1, 0.15) is 0 Å². The van der Waals surface area contributed by atoms with Gasteiger partial charge < -0.3 is 5.32 Å². The van der Waals surface area contributed by atoms with E-state index in [4.69, 9.17) is 0 Å². The van der Waals surface area contributed by atoms with Crippen molar-refractivity contribution >= 4 is 5.78 Å². The Hall–Kier alpha value is -1.00. The summed E-state index contributed by atoms with van der Waals surface area (Å²) in [6.45, 7) is 0. The van der Waals surface area contributed by atoms with Crippen LogP contribution < -0.4 is 5.32 Å². The summed E-state index contributed by atoms with van der Waals surface area (Å²) in [5.74, 6) is -0.937. The zero-order chi connectivity index (χ0) is 7.78. The van der Waals surface area contributed by atoms with Crippen molar-refractivity contribution < 1.29 is 18.0 Å². The Morgan fingerprint density at radius 1 is 1.50 bits per heavy atom. The van der Waals surface area contributed by atoms with Gasteiger partial charge in [-0.15, -0.1) is 0 Å². The lowest BCUT2D eigenvalue weighted by Gasteiger charge is -2.12. The average Bonchev–Trinajstić information content (AvgIpc) is 2.11. The molecule has 56 valence electrons. The molecule has 0 amide bonds. The molecule has 0 aromatic carbocycles. The Kier molecular flexibility index (Phi) is 1.42. The van der Waals surface area contributed by atoms with E-state index in [0.717, 1.165) is 12.3 Å². The molecule has 1 aliphatic heterocycles. The fraction of sp³-hybridized carbons (Fsp3) is 0.400. The largest absolute Gasteiger partial charge is 0.416 e. The lowest BCUT2D eigenvalue weighted by Crippen LogP contribution is -2.41. The van der Waals surface area contributed by atoms with Crippen molar-refractivity contribution in [3.63, 3.8) is 0 Å². The summed E-state index contributed by atoms with van der Waals surface area (Å²) < 4.78 is 35.1. The third-order valence-corrected chi connectivity index (χ3v) is 1.12. The number of rotatable bonds is 0. The number of carbonyl (C=O) groups is 1. The standard InChI is InChI=1S/C5H4F3NO/c6-5(7,8)4-3(10)1-2-9-4/h1-2,4,9H. The molecule has 0 saturated carbocycles. The summed E-state index contributed by atoms with van der Waals surface area (Å²) in [5, 5.41) is 1.89. The number of nitrogens with one attached hydrogen (secondary N) is 1. The maximum Gasteiger partial charge on any atom is 0.416 e. The van der Waals surface area contributed by atoms with Crippen LogP contribution in [0.3, 0.4) is 0 Å². The molecular weight excluding hydrogens is 147 g/mol. The van der Waals surface area contributed by atoms with E-state index in [1.165, 1.54) is 0 Å². The number of hydrogen-bond acceptors (Lipinski definition) is 2. The van der Waals surface area contributed by atoms with Gasteiger partial charge in [0.15, 0.2) is 11.8 Å². The van der Waals surface area contributed by atoms with Gasteiger partial charge in [0.25, 0.3) is 0 Å². The van der Waals surface area contributed by atoms with Crippen molar-refractivity contribution in [1.82, 2.24) is 5.32 Å². The highest BCUT2D eigenvalue weighted by atomic mass is 19.4. The minimum absolute atomic E-state index is 0.873. The van der Waals surface area contributed by atoms with Gasteiger partial charge in [0.2, 0.25) is 0 Å². The second-order valence-electron chi connectivity index (χ2n) is 1.88. The molecule has 1 atom stereocenters. The van der Waals surface area contributed by atoms with Gasteiger partial charge in [-0.25, -0.2) is 0 Å². The Balaban J connectivity index is 2.69. The maximum absolute atomic E-state index is 11.7. The van der Waals surface area contributed by atoms with Gasteiger partial charge in [0, 0.05) is 6.20 Å². The number of halogens is 3. The fourth-order valence-electron chi connectivity index (χ4n) is 0.661. The number of alkyl halides is 3. The van der Waals surface area contributed by atoms with E-state index in [9.17, 15) is 18.0 Å². The highest BCUT2D eigenvalue weighted by Gasteiger charge is 2.44. The second kappa shape index (κ2) is 2.00. The molecule has 1 aliphatic rings. The van der Waals surface area contributed by atoms with Gasteiger partial charge in [-0.2, -0.15) is 13.2 Å². The smallest absolute Gasteiger partial charge is 0.374 e. The van der Waals surface area contributed by atoms with Crippen LogP contribution >= 0.6 is 0 Å². The molecule has 0 spiro atoms. The van der Waals surface area contributed by atoms with Gasteiger partial charge in [-0.1, -0.05) is 0 Å². The van der Waals surface area contributed by atoms with Crippen molar-refractivity contribution in [1.29, 1.82) is 0 Å². The monoisotopic (exact) mass is 151 g/mol. The average molecular weight is 151 g/mol. The Bertz CT molecular complexity index is 184. The Morgan fingerprint density at radius 2 is 2.10 bits per heavy atom. The molecule has 1 rings (SSSR count). The zero-order valence-corrected chi connectivity index (χ0v) is 4.77. The molecule has 0 aromatic heterocycles. The molecule has 0 fully saturated rings. The first-order valence-corrected chi connectivity index (χ1v) is 2.55. The zero-order valence-electron chi connectivity index (χ0n) is 4.77. The van der Waals surface area contributed by atoms with Gasteiger partial charge in [0.05, 0.1) is 0 Å². The number of ketones is 1. The molecule has 5 heteroatoms. The van der Waals surface area contributed by atoms with Gasteiger partial charge in [0.1, 0.15) is 0 Å². The summed E-state index contributed by atoms with van der Waals surface area (Å²) in [7, 11) is 0. The van der Waals surface area contributed by atoms with E-state index in [2.05, 4.69) is 0 Å². The van der Waals surface area contributed by atoms with Gasteiger partial charge in [-0.05, 0) is 6.08 Å². The first-order valence-electron chi connectivity index (χ1n) is 2.55. The molecule has 1 unspecified atom stereocenters. The third kappa shape index (κ3) is 1.12. The normalized spacial score (nSPS) is 25.1. The van der Waals surface area contributed by atoms with Gasteiger partial charge >= 0.3 is 6.18 Å².